The van der Waals surface area contributed by atoms with E-state index < -0.39 is 0 Å². The third-order valence-electron chi connectivity index (χ3n) is 5.32. The molecular formula is C20H26N4O2. The SMILES string of the molecule is Cc1ncc2c(n1)CCC[C@@H]2NC(=O)c1ccc(CN2CCCCC2)o1. The van der Waals surface area contributed by atoms with Crippen molar-refractivity contribution in [2.75, 3.05) is 13.1 Å². The van der Waals surface area contributed by atoms with Crippen LogP contribution in [-0.2, 0) is 13.0 Å². The highest BCUT2D eigenvalue weighted by atomic mass is 16.4. The molecule has 2 aliphatic rings. The summed E-state index contributed by atoms with van der Waals surface area (Å²) in [4.78, 5) is 23.8. The maximum atomic E-state index is 12.6. The monoisotopic (exact) mass is 354 g/mol. The van der Waals surface area contributed by atoms with Gasteiger partial charge in [0.1, 0.15) is 11.6 Å². The van der Waals surface area contributed by atoms with Gasteiger partial charge in [0, 0.05) is 17.5 Å². The summed E-state index contributed by atoms with van der Waals surface area (Å²) in [6.07, 6.45) is 8.54. The molecule has 1 aliphatic carbocycles. The minimum atomic E-state index is -0.159. The molecule has 26 heavy (non-hydrogen) atoms. The Hall–Kier alpha value is -2.21. The summed E-state index contributed by atoms with van der Waals surface area (Å²) in [5.74, 6) is 1.87. The molecule has 4 rings (SSSR count). The summed E-state index contributed by atoms with van der Waals surface area (Å²) in [5, 5.41) is 3.10. The van der Waals surface area contributed by atoms with Crippen LogP contribution in [0.2, 0.25) is 0 Å². The smallest absolute Gasteiger partial charge is 0.287 e. The van der Waals surface area contributed by atoms with E-state index in [1.807, 2.05) is 19.2 Å². The zero-order valence-electron chi connectivity index (χ0n) is 15.3. The van der Waals surface area contributed by atoms with Crippen LogP contribution in [0.1, 0.15) is 71.5 Å². The molecule has 138 valence electrons. The Kier molecular flexibility index (Phi) is 5.02. The Morgan fingerprint density at radius 3 is 2.96 bits per heavy atom. The Labute approximate surface area is 154 Å². The van der Waals surface area contributed by atoms with E-state index in [2.05, 4.69) is 20.2 Å². The second-order valence-corrected chi connectivity index (χ2v) is 7.34. The van der Waals surface area contributed by atoms with Crippen LogP contribution in [0.3, 0.4) is 0 Å². The van der Waals surface area contributed by atoms with Crippen LogP contribution in [0.15, 0.2) is 22.7 Å². The number of nitrogens with one attached hydrogen (secondary N) is 1. The van der Waals surface area contributed by atoms with Crippen molar-refractivity contribution < 1.29 is 9.21 Å². The first-order valence-corrected chi connectivity index (χ1v) is 9.63. The van der Waals surface area contributed by atoms with Crippen LogP contribution < -0.4 is 5.32 Å². The van der Waals surface area contributed by atoms with E-state index in [4.69, 9.17) is 4.42 Å². The van der Waals surface area contributed by atoms with Crippen LogP contribution in [0.4, 0.5) is 0 Å². The minimum Gasteiger partial charge on any atom is -0.455 e. The molecule has 0 saturated carbocycles. The van der Waals surface area contributed by atoms with Gasteiger partial charge in [-0.15, -0.1) is 0 Å². The summed E-state index contributed by atoms with van der Waals surface area (Å²) in [5.41, 5.74) is 2.09. The van der Waals surface area contributed by atoms with E-state index >= 15 is 0 Å². The van der Waals surface area contributed by atoms with Crippen LogP contribution in [0, 0.1) is 6.92 Å². The molecule has 0 bridgehead atoms. The number of hydrogen-bond donors (Lipinski definition) is 1. The van der Waals surface area contributed by atoms with Gasteiger partial charge in [-0.1, -0.05) is 6.42 Å². The lowest BCUT2D eigenvalue weighted by Crippen LogP contribution is -2.31. The second kappa shape index (κ2) is 7.58. The van der Waals surface area contributed by atoms with Gasteiger partial charge in [-0.25, -0.2) is 9.97 Å². The number of piperidine rings is 1. The lowest BCUT2D eigenvalue weighted by Gasteiger charge is -2.25. The number of furan rings is 1. The molecule has 0 radical (unpaired) electrons. The number of amides is 1. The van der Waals surface area contributed by atoms with Crippen molar-refractivity contribution in [2.45, 2.75) is 58.0 Å². The first-order chi connectivity index (χ1) is 12.7. The predicted octanol–water partition coefficient (Wildman–Crippen LogP) is 3.17. The third kappa shape index (κ3) is 3.80. The number of fused-ring (bicyclic) bond motifs is 1. The van der Waals surface area contributed by atoms with E-state index in [0.717, 1.165) is 61.7 Å². The van der Waals surface area contributed by atoms with E-state index in [-0.39, 0.29) is 11.9 Å². The molecule has 1 saturated heterocycles. The quantitative estimate of drug-likeness (QED) is 0.913. The predicted molar refractivity (Wildman–Crippen MR) is 97.8 cm³/mol. The summed E-state index contributed by atoms with van der Waals surface area (Å²) in [7, 11) is 0. The third-order valence-corrected chi connectivity index (χ3v) is 5.32. The molecule has 3 heterocycles. The largest absolute Gasteiger partial charge is 0.455 e. The van der Waals surface area contributed by atoms with Crippen molar-refractivity contribution >= 4 is 5.91 Å². The van der Waals surface area contributed by atoms with Gasteiger partial charge < -0.3 is 9.73 Å². The summed E-state index contributed by atoms with van der Waals surface area (Å²) in [6, 6.07) is 3.66. The molecule has 6 heteroatoms. The normalized spacial score (nSPS) is 20.6. The minimum absolute atomic E-state index is 0.0394. The van der Waals surface area contributed by atoms with Gasteiger partial charge in [-0.05, 0) is 64.3 Å². The number of likely N-dealkylation sites (tertiary alicyclic amines) is 1. The van der Waals surface area contributed by atoms with Crippen LogP contribution in [-0.4, -0.2) is 33.9 Å². The fourth-order valence-corrected chi connectivity index (χ4v) is 3.95. The van der Waals surface area contributed by atoms with Gasteiger partial charge in [-0.2, -0.15) is 0 Å². The fraction of sp³-hybridized carbons (Fsp3) is 0.550. The van der Waals surface area contributed by atoms with Crippen molar-refractivity contribution in [3.05, 3.63) is 46.9 Å². The highest BCUT2D eigenvalue weighted by Gasteiger charge is 2.25. The van der Waals surface area contributed by atoms with Gasteiger partial charge in [0.2, 0.25) is 0 Å². The highest BCUT2D eigenvalue weighted by Crippen LogP contribution is 2.28. The molecule has 0 spiro atoms. The number of carbonyl (C=O) groups excluding carboxylic acids is 1. The van der Waals surface area contributed by atoms with Crippen LogP contribution in [0.25, 0.3) is 0 Å². The topological polar surface area (TPSA) is 71.3 Å². The first kappa shape index (κ1) is 17.2. The molecule has 2 aromatic heterocycles. The van der Waals surface area contributed by atoms with E-state index in [1.54, 1.807) is 6.07 Å². The van der Waals surface area contributed by atoms with E-state index in [0.29, 0.717) is 5.76 Å². The number of hydrogen-bond acceptors (Lipinski definition) is 5. The molecule has 1 atom stereocenters. The second-order valence-electron chi connectivity index (χ2n) is 7.34. The van der Waals surface area contributed by atoms with Crippen molar-refractivity contribution in [1.29, 1.82) is 0 Å². The number of aryl methyl sites for hydroxylation is 2. The number of carbonyl (C=O) groups is 1. The van der Waals surface area contributed by atoms with Gasteiger partial charge in [-0.3, -0.25) is 9.69 Å². The van der Waals surface area contributed by atoms with Crippen LogP contribution >= 0.6 is 0 Å². The number of aromatic nitrogens is 2. The average molecular weight is 354 g/mol. The van der Waals surface area contributed by atoms with Crippen molar-refractivity contribution in [2.24, 2.45) is 0 Å². The zero-order valence-corrected chi connectivity index (χ0v) is 15.3. The average Bonchev–Trinajstić information content (AvgIpc) is 3.11. The van der Waals surface area contributed by atoms with E-state index in [1.165, 1.54) is 19.3 Å². The molecule has 0 aromatic carbocycles. The van der Waals surface area contributed by atoms with Crippen molar-refractivity contribution in [1.82, 2.24) is 20.2 Å². The Morgan fingerprint density at radius 2 is 2.12 bits per heavy atom. The lowest BCUT2D eigenvalue weighted by atomic mass is 9.92. The van der Waals surface area contributed by atoms with Gasteiger partial charge >= 0.3 is 0 Å². The van der Waals surface area contributed by atoms with Gasteiger partial charge in [0.05, 0.1) is 12.6 Å². The standard InChI is InChI=1S/C20H26N4O2/c1-14-21-12-16-17(22-14)6-5-7-18(16)23-20(25)19-9-8-15(26-19)13-24-10-3-2-4-11-24/h8-9,12,18H,2-7,10-11,13H2,1H3,(H,23,25)/t18-/m0/s1. The number of nitrogens with zero attached hydrogens (tertiary/aromatic N) is 3. The highest BCUT2D eigenvalue weighted by molar-refractivity contribution is 5.91. The maximum absolute atomic E-state index is 12.6. The molecule has 0 unspecified atom stereocenters. The Balaban J connectivity index is 1.41. The molecule has 1 amide bonds. The zero-order chi connectivity index (χ0) is 17.9. The number of rotatable bonds is 4. The molecule has 1 fully saturated rings. The van der Waals surface area contributed by atoms with Crippen molar-refractivity contribution in [3.63, 3.8) is 0 Å². The van der Waals surface area contributed by atoms with E-state index in [9.17, 15) is 4.79 Å². The molecule has 2 aromatic rings. The molecule has 6 nitrogen and oxygen atoms in total. The Morgan fingerprint density at radius 1 is 1.27 bits per heavy atom. The summed E-state index contributed by atoms with van der Waals surface area (Å²) >= 11 is 0. The molecule has 1 aliphatic heterocycles. The first-order valence-electron chi connectivity index (χ1n) is 9.63. The Bertz CT molecular complexity index is 780. The molecular weight excluding hydrogens is 328 g/mol. The van der Waals surface area contributed by atoms with Gasteiger partial charge in [0.15, 0.2) is 5.76 Å². The van der Waals surface area contributed by atoms with Gasteiger partial charge in [0.25, 0.3) is 5.91 Å². The lowest BCUT2D eigenvalue weighted by molar-refractivity contribution is 0.0899. The maximum Gasteiger partial charge on any atom is 0.287 e. The summed E-state index contributed by atoms with van der Waals surface area (Å²) in [6.45, 7) is 4.91. The summed E-state index contributed by atoms with van der Waals surface area (Å²) < 4.78 is 5.81. The van der Waals surface area contributed by atoms with Crippen LogP contribution in [0.5, 0.6) is 0 Å². The fourth-order valence-electron chi connectivity index (χ4n) is 3.95. The van der Waals surface area contributed by atoms with Crippen molar-refractivity contribution in [3.8, 4) is 0 Å². The molecule has 1 N–H and O–H groups in total.